The fourth-order valence-electron chi connectivity index (χ4n) is 4.01. The topological polar surface area (TPSA) is 61.4 Å². The average Bonchev–Trinajstić information content (AvgIpc) is 3.09. The van der Waals surface area contributed by atoms with Gasteiger partial charge in [0.2, 0.25) is 0 Å². The molecule has 2 fully saturated rings. The van der Waals surface area contributed by atoms with Crippen molar-refractivity contribution in [3.63, 3.8) is 0 Å². The second-order valence-corrected chi connectivity index (χ2v) is 8.65. The normalized spacial score (nSPS) is 23.3. The van der Waals surface area contributed by atoms with Crippen LogP contribution in [0.4, 0.5) is 10.6 Å². The molecule has 1 aliphatic heterocycles. The van der Waals surface area contributed by atoms with E-state index in [9.17, 15) is 4.79 Å². The maximum atomic E-state index is 12.6. The number of terminal acetylenes is 1. The fourth-order valence-corrected chi connectivity index (χ4v) is 4.85. The van der Waals surface area contributed by atoms with Crippen LogP contribution >= 0.6 is 11.3 Å². The quantitative estimate of drug-likeness (QED) is 0.810. The van der Waals surface area contributed by atoms with Gasteiger partial charge < -0.3 is 15.1 Å². The molecule has 0 unspecified atom stereocenters. The van der Waals surface area contributed by atoms with Crippen molar-refractivity contribution in [2.24, 2.45) is 5.92 Å². The number of aromatic nitrogens is 2. The lowest BCUT2D eigenvalue weighted by Crippen LogP contribution is -2.54. The molecule has 1 saturated heterocycles. The van der Waals surface area contributed by atoms with Crippen molar-refractivity contribution < 1.29 is 4.79 Å². The molecule has 2 aromatic heterocycles. The number of thiophene rings is 1. The van der Waals surface area contributed by atoms with E-state index < -0.39 is 0 Å². The monoisotopic (exact) mass is 383 g/mol. The number of urea groups is 1. The van der Waals surface area contributed by atoms with Gasteiger partial charge in [-0.2, -0.15) is 0 Å². The molecule has 1 aliphatic carbocycles. The zero-order valence-electron chi connectivity index (χ0n) is 15.6. The fraction of sp³-hybridized carbons (Fsp3) is 0.550. The number of nitrogens with one attached hydrogen (secondary N) is 1. The molecule has 2 aliphatic rings. The van der Waals surface area contributed by atoms with Crippen LogP contribution < -0.4 is 10.2 Å². The van der Waals surface area contributed by atoms with Crippen molar-refractivity contribution in [1.82, 2.24) is 20.2 Å². The summed E-state index contributed by atoms with van der Waals surface area (Å²) in [7, 11) is 0. The van der Waals surface area contributed by atoms with Crippen LogP contribution in [0, 0.1) is 25.2 Å². The van der Waals surface area contributed by atoms with E-state index in [-0.39, 0.29) is 12.1 Å². The predicted octanol–water partition coefficient (Wildman–Crippen LogP) is 3.02. The van der Waals surface area contributed by atoms with Crippen LogP contribution in [0.3, 0.4) is 0 Å². The molecule has 2 aromatic rings. The van der Waals surface area contributed by atoms with E-state index in [1.54, 1.807) is 17.7 Å². The van der Waals surface area contributed by atoms with E-state index in [0.717, 1.165) is 54.8 Å². The van der Waals surface area contributed by atoms with Crippen LogP contribution in [0.1, 0.15) is 30.6 Å². The molecule has 0 radical (unpaired) electrons. The van der Waals surface area contributed by atoms with Crippen molar-refractivity contribution >= 4 is 33.4 Å². The first-order valence-corrected chi connectivity index (χ1v) is 10.4. The number of nitrogens with zero attached hydrogens (tertiary/aromatic N) is 4. The zero-order valence-corrected chi connectivity index (χ0v) is 16.5. The van der Waals surface area contributed by atoms with Crippen molar-refractivity contribution in [2.45, 2.75) is 38.6 Å². The summed E-state index contributed by atoms with van der Waals surface area (Å²) in [6.07, 6.45) is 11.1. The first-order chi connectivity index (χ1) is 13.1. The third-order valence-corrected chi connectivity index (χ3v) is 6.55. The van der Waals surface area contributed by atoms with Gasteiger partial charge >= 0.3 is 6.03 Å². The summed E-state index contributed by atoms with van der Waals surface area (Å²) in [5.41, 5.74) is 0. The summed E-state index contributed by atoms with van der Waals surface area (Å²) < 4.78 is 0. The summed E-state index contributed by atoms with van der Waals surface area (Å²) in [6.45, 7) is 5.09. The van der Waals surface area contributed by atoms with Gasteiger partial charge in [0.05, 0.1) is 5.39 Å². The minimum atomic E-state index is 0.0537. The highest BCUT2D eigenvalue weighted by molar-refractivity contribution is 7.18. The Bertz CT molecular complexity index is 857. The smallest absolute Gasteiger partial charge is 0.317 e. The van der Waals surface area contributed by atoms with E-state index in [4.69, 9.17) is 6.42 Å². The highest BCUT2D eigenvalue weighted by atomic mass is 32.1. The maximum absolute atomic E-state index is 12.6. The van der Waals surface area contributed by atoms with E-state index in [1.807, 2.05) is 4.90 Å². The second-order valence-electron chi connectivity index (χ2n) is 7.41. The Labute approximate surface area is 164 Å². The number of carbonyl (C=O) groups is 1. The van der Waals surface area contributed by atoms with Crippen LogP contribution in [-0.2, 0) is 0 Å². The van der Waals surface area contributed by atoms with E-state index >= 15 is 0 Å². The minimum Gasteiger partial charge on any atom is -0.352 e. The molecular weight excluding hydrogens is 358 g/mol. The van der Waals surface area contributed by atoms with Gasteiger partial charge in [-0.1, -0.05) is 0 Å². The molecule has 3 heterocycles. The van der Waals surface area contributed by atoms with Gasteiger partial charge in [0.1, 0.15) is 17.0 Å². The lowest BCUT2D eigenvalue weighted by molar-refractivity contribution is 0.185. The lowest BCUT2D eigenvalue weighted by atomic mass is 9.87. The van der Waals surface area contributed by atoms with Crippen molar-refractivity contribution in [2.75, 3.05) is 31.1 Å². The summed E-state index contributed by atoms with van der Waals surface area (Å²) in [5, 5.41) is 4.31. The summed E-state index contributed by atoms with van der Waals surface area (Å²) in [5.74, 6) is 4.20. The molecule has 2 amide bonds. The number of hydrogen-bond acceptors (Lipinski definition) is 5. The molecule has 0 spiro atoms. The number of hydrogen-bond donors (Lipinski definition) is 1. The van der Waals surface area contributed by atoms with Gasteiger partial charge in [0.25, 0.3) is 0 Å². The number of rotatable bonds is 2. The molecule has 0 bridgehead atoms. The van der Waals surface area contributed by atoms with Crippen molar-refractivity contribution in [1.29, 1.82) is 0 Å². The molecule has 4 rings (SSSR count). The van der Waals surface area contributed by atoms with Crippen molar-refractivity contribution in [3.8, 4) is 12.3 Å². The molecule has 1 saturated carbocycles. The number of carbonyl (C=O) groups excluding carboxylic acids is 1. The largest absolute Gasteiger partial charge is 0.352 e. The van der Waals surface area contributed by atoms with Gasteiger partial charge in [-0.15, -0.1) is 23.7 Å². The van der Waals surface area contributed by atoms with Gasteiger partial charge in [0, 0.05) is 43.0 Å². The molecule has 0 atom stereocenters. The minimum absolute atomic E-state index is 0.0537. The highest BCUT2D eigenvalue weighted by Crippen LogP contribution is 2.30. The molecule has 6 nitrogen and oxygen atoms in total. The van der Waals surface area contributed by atoms with E-state index in [1.165, 1.54) is 4.88 Å². The SMILES string of the molecule is C#CC1CCC(NC(=O)N2CCN(c3ncnc4sc(C)cc34)CC2)CC1. The predicted molar refractivity (Wildman–Crippen MR) is 109 cm³/mol. The summed E-state index contributed by atoms with van der Waals surface area (Å²) >= 11 is 1.69. The van der Waals surface area contributed by atoms with Crippen LogP contribution in [0.5, 0.6) is 0 Å². The molecule has 142 valence electrons. The average molecular weight is 384 g/mol. The van der Waals surface area contributed by atoms with Crippen LogP contribution in [0.15, 0.2) is 12.4 Å². The molecule has 7 heteroatoms. The Morgan fingerprint density at radius 3 is 2.67 bits per heavy atom. The standard InChI is InChI=1S/C20H25N5OS/c1-3-15-4-6-16(7-5-15)23-20(26)25-10-8-24(9-11-25)18-17-12-14(2)27-19(17)22-13-21-18/h1,12-13,15-16H,4-11H2,2H3,(H,23,26). The van der Waals surface area contributed by atoms with Crippen LogP contribution in [-0.4, -0.2) is 53.1 Å². The number of piperazine rings is 1. The number of fused-ring (bicyclic) bond motifs is 1. The second kappa shape index (κ2) is 7.73. The Morgan fingerprint density at radius 2 is 1.96 bits per heavy atom. The molecule has 1 N–H and O–H groups in total. The Morgan fingerprint density at radius 1 is 1.22 bits per heavy atom. The van der Waals surface area contributed by atoms with Crippen molar-refractivity contribution in [3.05, 3.63) is 17.3 Å². The third kappa shape index (κ3) is 3.86. The van der Waals surface area contributed by atoms with E-state index in [2.05, 4.69) is 39.1 Å². The highest BCUT2D eigenvalue weighted by Gasteiger charge is 2.26. The number of amides is 2. The van der Waals surface area contributed by atoms with Crippen LogP contribution in [0.2, 0.25) is 0 Å². The molecular formula is C20H25N5OS. The lowest BCUT2D eigenvalue weighted by Gasteiger charge is -2.37. The van der Waals surface area contributed by atoms with Gasteiger partial charge in [-0.05, 0) is 38.7 Å². The third-order valence-electron chi connectivity index (χ3n) is 5.59. The Kier molecular flexibility index (Phi) is 5.17. The van der Waals surface area contributed by atoms with Gasteiger partial charge in [0.15, 0.2) is 0 Å². The Balaban J connectivity index is 1.33. The van der Waals surface area contributed by atoms with Crippen LogP contribution in [0.25, 0.3) is 10.2 Å². The molecule has 0 aromatic carbocycles. The zero-order chi connectivity index (χ0) is 18.8. The number of anilines is 1. The first-order valence-electron chi connectivity index (χ1n) is 9.61. The summed E-state index contributed by atoms with van der Waals surface area (Å²) in [4.78, 5) is 27.9. The molecule has 27 heavy (non-hydrogen) atoms. The van der Waals surface area contributed by atoms with Gasteiger partial charge in [-0.25, -0.2) is 14.8 Å². The van der Waals surface area contributed by atoms with Gasteiger partial charge in [-0.3, -0.25) is 0 Å². The number of aryl methyl sites for hydroxylation is 1. The Hall–Kier alpha value is -2.33. The first kappa shape index (κ1) is 18.1. The van der Waals surface area contributed by atoms with E-state index in [0.29, 0.717) is 19.0 Å². The summed E-state index contributed by atoms with van der Waals surface area (Å²) in [6, 6.07) is 2.47. The maximum Gasteiger partial charge on any atom is 0.317 e.